The number of piperidine rings is 1. The molecule has 1 N–H and O–H groups in total. The van der Waals surface area contributed by atoms with Crippen LogP contribution in [0.1, 0.15) is 18.4 Å². The topological polar surface area (TPSA) is 49.8 Å². The summed E-state index contributed by atoms with van der Waals surface area (Å²) in [5.74, 6) is -0.883. The first-order valence-electron chi connectivity index (χ1n) is 6.84. The monoisotopic (exact) mass is 263 g/mol. The van der Waals surface area contributed by atoms with E-state index in [-0.39, 0.29) is 12.7 Å². The number of carbonyl (C=O) groups is 1. The molecule has 1 saturated heterocycles. The highest BCUT2D eigenvalue weighted by atomic mass is 16.5. The van der Waals surface area contributed by atoms with Crippen LogP contribution < -0.4 is 0 Å². The minimum absolute atomic E-state index is 0.115. The largest absolute Gasteiger partial charge is 0.480 e. The molecule has 1 fully saturated rings. The van der Waals surface area contributed by atoms with E-state index in [9.17, 15) is 4.79 Å². The Kier molecular flexibility index (Phi) is 5.36. The fraction of sp³-hybridized carbons (Fsp3) is 0.533. The summed E-state index contributed by atoms with van der Waals surface area (Å²) in [6.45, 7) is 2.89. The van der Waals surface area contributed by atoms with E-state index in [0.29, 0.717) is 0 Å². The Morgan fingerprint density at radius 3 is 2.58 bits per heavy atom. The lowest BCUT2D eigenvalue weighted by atomic mass is 10.1. The highest BCUT2D eigenvalue weighted by Gasteiger charge is 2.19. The SMILES string of the molecule is O=C(O)COC1CCN(CCc2ccccc2)CC1. The van der Waals surface area contributed by atoms with Crippen molar-refractivity contribution >= 4 is 5.97 Å². The summed E-state index contributed by atoms with van der Waals surface area (Å²) in [4.78, 5) is 12.9. The van der Waals surface area contributed by atoms with Crippen molar-refractivity contribution in [3.05, 3.63) is 35.9 Å². The minimum atomic E-state index is -0.883. The second-order valence-electron chi connectivity index (χ2n) is 4.98. The van der Waals surface area contributed by atoms with Gasteiger partial charge in [-0.1, -0.05) is 30.3 Å². The van der Waals surface area contributed by atoms with Crippen LogP contribution in [0.3, 0.4) is 0 Å². The van der Waals surface area contributed by atoms with Crippen molar-refractivity contribution in [1.82, 2.24) is 4.90 Å². The van der Waals surface area contributed by atoms with Crippen LogP contribution in [-0.2, 0) is 16.0 Å². The number of hydrogen-bond acceptors (Lipinski definition) is 3. The van der Waals surface area contributed by atoms with Gasteiger partial charge in [-0.3, -0.25) is 0 Å². The molecule has 0 saturated carbocycles. The first-order valence-corrected chi connectivity index (χ1v) is 6.84. The Labute approximate surface area is 114 Å². The van der Waals surface area contributed by atoms with Gasteiger partial charge in [0, 0.05) is 19.6 Å². The van der Waals surface area contributed by atoms with E-state index in [4.69, 9.17) is 9.84 Å². The van der Waals surface area contributed by atoms with Crippen LogP contribution in [0.5, 0.6) is 0 Å². The highest BCUT2D eigenvalue weighted by molar-refractivity contribution is 5.68. The van der Waals surface area contributed by atoms with Gasteiger partial charge >= 0.3 is 5.97 Å². The van der Waals surface area contributed by atoms with Crippen LogP contribution >= 0.6 is 0 Å². The molecule has 0 spiro atoms. The molecular formula is C15H21NO3. The van der Waals surface area contributed by atoms with Crippen LogP contribution in [-0.4, -0.2) is 48.3 Å². The van der Waals surface area contributed by atoms with Gasteiger partial charge in [-0.15, -0.1) is 0 Å². The van der Waals surface area contributed by atoms with E-state index >= 15 is 0 Å². The maximum absolute atomic E-state index is 10.4. The van der Waals surface area contributed by atoms with Crippen molar-refractivity contribution in [2.75, 3.05) is 26.2 Å². The van der Waals surface area contributed by atoms with Crippen LogP contribution in [0.15, 0.2) is 30.3 Å². The number of nitrogens with zero attached hydrogens (tertiary/aromatic N) is 1. The van der Waals surface area contributed by atoms with E-state index < -0.39 is 5.97 Å². The second-order valence-corrected chi connectivity index (χ2v) is 4.98. The fourth-order valence-corrected chi connectivity index (χ4v) is 2.42. The number of carboxylic acids is 1. The number of ether oxygens (including phenoxy) is 1. The van der Waals surface area contributed by atoms with E-state index in [1.54, 1.807) is 0 Å². The molecular weight excluding hydrogens is 242 g/mol. The van der Waals surface area contributed by atoms with Gasteiger partial charge in [0.15, 0.2) is 0 Å². The lowest BCUT2D eigenvalue weighted by molar-refractivity contribution is -0.145. The van der Waals surface area contributed by atoms with Crippen molar-refractivity contribution in [1.29, 1.82) is 0 Å². The smallest absolute Gasteiger partial charge is 0.329 e. The lowest BCUT2D eigenvalue weighted by Crippen LogP contribution is -2.38. The Bertz CT molecular complexity index is 386. The van der Waals surface area contributed by atoms with Crippen LogP contribution in [0.25, 0.3) is 0 Å². The molecule has 1 aromatic carbocycles. The van der Waals surface area contributed by atoms with Crippen molar-refractivity contribution in [2.45, 2.75) is 25.4 Å². The Balaban J connectivity index is 1.65. The third-order valence-electron chi connectivity index (χ3n) is 3.54. The summed E-state index contributed by atoms with van der Waals surface area (Å²) in [6, 6.07) is 10.5. The zero-order valence-electron chi connectivity index (χ0n) is 11.1. The van der Waals surface area contributed by atoms with Crippen LogP contribution in [0, 0.1) is 0 Å². The molecule has 0 atom stereocenters. The molecule has 4 nitrogen and oxygen atoms in total. The Morgan fingerprint density at radius 1 is 1.26 bits per heavy atom. The molecule has 4 heteroatoms. The van der Waals surface area contributed by atoms with Crippen LogP contribution in [0.2, 0.25) is 0 Å². The number of likely N-dealkylation sites (tertiary alicyclic amines) is 1. The number of carboxylic acid groups (broad SMARTS) is 1. The van der Waals surface area contributed by atoms with Crippen molar-refractivity contribution < 1.29 is 14.6 Å². The predicted molar refractivity (Wildman–Crippen MR) is 73.2 cm³/mol. The normalized spacial score (nSPS) is 17.5. The summed E-state index contributed by atoms with van der Waals surface area (Å²) in [5.41, 5.74) is 1.37. The number of hydrogen-bond donors (Lipinski definition) is 1. The molecule has 1 heterocycles. The molecule has 19 heavy (non-hydrogen) atoms. The third-order valence-corrected chi connectivity index (χ3v) is 3.54. The molecule has 1 aliphatic heterocycles. The lowest BCUT2D eigenvalue weighted by Gasteiger charge is -2.31. The number of benzene rings is 1. The molecule has 0 amide bonds. The van der Waals surface area contributed by atoms with Crippen molar-refractivity contribution in [3.63, 3.8) is 0 Å². The fourth-order valence-electron chi connectivity index (χ4n) is 2.42. The minimum Gasteiger partial charge on any atom is -0.480 e. The maximum Gasteiger partial charge on any atom is 0.329 e. The van der Waals surface area contributed by atoms with Crippen molar-refractivity contribution in [3.8, 4) is 0 Å². The molecule has 1 aromatic rings. The zero-order chi connectivity index (χ0) is 13.5. The summed E-state index contributed by atoms with van der Waals surface area (Å²) < 4.78 is 5.33. The molecule has 0 aromatic heterocycles. The van der Waals surface area contributed by atoms with Gasteiger partial charge in [0.1, 0.15) is 6.61 Å². The van der Waals surface area contributed by atoms with Gasteiger partial charge in [0.25, 0.3) is 0 Å². The van der Waals surface area contributed by atoms with Gasteiger partial charge in [-0.05, 0) is 24.8 Å². The quantitative estimate of drug-likeness (QED) is 0.850. The molecule has 1 aliphatic rings. The zero-order valence-corrected chi connectivity index (χ0v) is 11.1. The van der Waals surface area contributed by atoms with E-state index in [0.717, 1.165) is 38.9 Å². The molecule has 0 unspecified atom stereocenters. The average Bonchev–Trinajstić information content (AvgIpc) is 2.45. The first-order chi connectivity index (χ1) is 9.24. The number of rotatable bonds is 6. The van der Waals surface area contributed by atoms with E-state index in [1.165, 1.54) is 5.56 Å². The molecule has 0 bridgehead atoms. The molecule has 0 aliphatic carbocycles. The Morgan fingerprint density at radius 2 is 1.95 bits per heavy atom. The number of aliphatic carboxylic acids is 1. The average molecular weight is 263 g/mol. The van der Waals surface area contributed by atoms with Gasteiger partial charge in [0.05, 0.1) is 6.10 Å². The summed E-state index contributed by atoms with van der Waals surface area (Å²) in [6.07, 6.45) is 3.05. The summed E-state index contributed by atoms with van der Waals surface area (Å²) in [7, 11) is 0. The van der Waals surface area contributed by atoms with Crippen molar-refractivity contribution in [2.24, 2.45) is 0 Å². The maximum atomic E-state index is 10.4. The Hall–Kier alpha value is -1.39. The van der Waals surface area contributed by atoms with E-state index in [1.807, 2.05) is 6.07 Å². The predicted octanol–water partition coefficient (Wildman–Crippen LogP) is 1.79. The standard InChI is InChI=1S/C15H21NO3/c17-15(18)12-19-14-7-10-16(11-8-14)9-6-13-4-2-1-3-5-13/h1-5,14H,6-12H2,(H,17,18). The molecule has 104 valence electrons. The van der Waals surface area contributed by atoms with Gasteiger partial charge in [-0.2, -0.15) is 0 Å². The molecule has 2 rings (SSSR count). The van der Waals surface area contributed by atoms with Gasteiger partial charge in [-0.25, -0.2) is 4.79 Å². The summed E-state index contributed by atoms with van der Waals surface area (Å²) in [5, 5.41) is 8.57. The van der Waals surface area contributed by atoms with Gasteiger partial charge in [0.2, 0.25) is 0 Å². The highest BCUT2D eigenvalue weighted by Crippen LogP contribution is 2.14. The molecule has 0 radical (unpaired) electrons. The second kappa shape index (κ2) is 7.26. The van der Waals surface area contributed by atoms with Gasteiger partial charge < -0.3 is 14.7 Å². The summed E-state index contributed by atoms with van der Waals surface area (Å²) >= 11 is 0. The van der Waals surface area contributed by atoms with Crippen LogP contribution in [0.4, 0.5) is 0 Å². The third kappa shape index (κ3) is 5.01. The first kappa shape index (κ1) is 14.0. The van der Waals surface area contributed by atoms with E-state index in [2.05, 4.69) is 29.2 Å².